The number of rotatable bonds is 56. The van der Waals surface area contributed by atoms with Crippen molar-refractivity contribution in [3.63, 3.8) is 0 Å². The summed E-state index contributed by atoms with van der Waals surface area (Å²) in [6, 6.07) is 0. The van der Waals surface area contributed by atoms with E-state index >= 15 is 0 Å². The van der Waals surface area contributed by atoms with E-state index in [0.717, 1.165) is 51.4 Å². The second-order valence-corrected chi connectivity index (χ2v) is 20.3. The lowest BCUT2D eigenvalue weighted by Gasteiger charge is -2.18. The first-order valence-electron chi connectivity index (χ1n) is 30.2. The number of esters is 2. The van der Waals surface area contributed by atoms with Crippen LogP contribution in [0.15, 0.2) is 48.6 Å². The molecule has 0 aromatic carbocycles. The highest BCUT2D eigenvalue weighted by Gasteiger charge is 2.17. The SMILES string of the molecule is CCCCCCCC/C=C\C/C=C\C/C=C\CCCC(=O)OC[C@@H](COCCCCCCCCCCCCCCCCCC)OC(=O)CCCCCCCCCCC/C=C\CCCCCCCC. The van der Waals surface area contributed by atoms with Crippen LogP contribution in [0.5, 0.6) is 0 Å². The van der Waals surface area contributed by atoms with Crippen molar-refractivity contribution in [2.45, 2.75) is 322 Å². The van der Waals surface area contributed by atoms with E-state index in [1.165, 1.54) is 231 Å². The number of carbonyl (C=O) groups is 2. The zero-order valence-electron chi connectivity index (χ0n) is 45.9. The van der Waals surface area contributed by atoms with Crippen LogP contribution >= 0.6 is 0 Å². The molecule has 5 heteroatoms. The van der Waals surface area contributed by atoms with Crippen LogP contribution in [0.3, 0.4) is 0 Å². The molecular formula is C63H116O5. The van der Waals surface area contributed by atoms with Gasteiger partial charge in [-0.1, -0.05) is 275 Å². The van der Waals surface area contributed by atoms with Gasteiger partial charge in [-0.15, -0.1) is 0 Å². The fourth-order valence-electron chi connectivity index (χ4n) is 8.82. The quantitative estimate of drug-likeness (QED) is 0.0345. The number of hydrogen-bond donors (Lipinski definition) is 0. The third-order valence-corrected chi connectivity index (χ3v) is 13.3. The number of allylic oxidation sites excluding steroid dienone is 8. The van der Waals surface area contributed by atoms with E-state index in [0.29, 0.717) is 19.4 Å². The van der Waals surface area contributed by atoms with Gasteiger partial charge in [0.25, 0.3) is 0 Å². The standard InChI is InChI=1S/C63H116O5/c1-4-7-10-13-16-19-22-25-28-31-32-34-36-39-42-45-48-51-54-57-63(65)68-61(59-66-58-55-52-49-46-43-40-37-30-27-24-21-18-15-12-9-6-3)60-67-62(64)56-53-50-47-44-41-38-35-33-29-26-23-20-17-14-11-8-5-2/h25-26,28-29,35,38,44,47,61H,4-24,27,30-34,36-37,39-43,45-46,48-60H2,1-3H3/b28-25-,29-26-,38-35-,47-44-/t61-/m1/s1. The molecule has 0 aliphatic carbocycles. The lowest BCUT2D eigenvalue weighted by molar-refractivity contribution is -0.163. The molecule has 0 radical (unpaired) electrons. The van der Waals surface area contributed by atoms with E-state index in [-0.39, 0.29) is 25.2 Å². The van der Waals surface area contributed by atoms with Gasteiger partial charge in [0, 0.05) is 19.4 Å². The molecule has 0 saturated heterocycles. The van der Waals surface area contributed by atoms with Gasteiger partial charge in [0.05, 0.1) is 6.61 Å². The monoisotopic (exact) mass is 953 g/mol. The second-order valence-electron chi connectivity index (χ2n) is 20.3. The van der Waals surface area contributed by atoms with Crippen molar-refractivity contribution in [3.05, 3.63) is 48.6 Å². The number of hydrogen-bond acceptors (Lipinski definition) is 5. The zero-order chi connectivity index (χ0) is 49.2. The molecule has 0 aromatic rings. The summed E-state index contributed by atoms with van der Waals surface area (Å²) in [4.78, 5) is 25.5. The highest BCUT2D eigenvalue weighted by Crippen LogP contribution is 2.16. The predicted octanol–water partition coefficient (Wildman–Crippen LogP) is 20.7. The molecule has 0 aliphatic heterocycles. The van der Waals surface area contributed by atoms with Crippen molar-refractivity contribution in [2.24, 2.45) is 0 Å². The molecule has 0 N–H and O–H groups in total. The molecule has 68 heavy (non-hydrogen) atoms. The van der Waals surface area contributed by atoms with Crippen LogP contribution in [0.4, 0.5) is 0 Å². The third kappa shape index (κ3) is 56.4. The van der Waals surface area contributed by atoms with Crippen molar-refractivity contribution in [2.75, 3.05) is 19.8 Å². The van der Waals surface area contributed by atoms with Crippen molar-refractivity contribution in [3.8, 4) is 0 Å². The Hall–Kier alpha value is -2.14. The van der Waals surface area contributed by atoms with E-state index in [4.69, 9.17) is 14.2 Å². The molecule has 0 fully saturated rings. The van der Waals surface area contributed by atoms with Gasteiger partial charge in [-0.05, 0) is 77.0 Å². The first kappa shape index (κ1) is 65.9. The van der Waals surface area contributed by atoms with Crippen LogP contribution in [0, 0.1) is 0 Å². The largest absolute Gasteiger partial charge is 0.462 e. The molecule has 0 aliphatic rings. The molecule has 0 aromatic heterocycles. The number of ether oxygens (including phenoxy) is 3. The predicted molar refractivity (Wildman–Crippen MR) is 298 cm³/mol. The molecule has 0 saturated carbocycles. The van der Waals surface area contributed by atoms with E-state index in [9.17, 15) is 9.59 Å². The fraction of sp³-hybridized carbons (Fsp3) is 0.841. The minimum absolute atomic E-state index is 0.0626. The van der Waals surface area contributed by atoms with Crippen molar-refractivity contribution in [1.82, 2.24) is 0 Å². The molecule has 0 rings (SSSR count). The van der Waals surface area contributed by atoms with E-state index < -0.39 is 6.10 Å². The molecule has 0 amide bonds. The Morgan fingerprint density at radius 1 is 0.324 bits per heavy atom. The van der Waals surface area contributed by atoms with Gasteiger partial charge in [0.1, 0.15) is 6.61 Å². The summed E-state index contributed by atoms with van der Waals surface area (Å²) in [5.74, 6) is -0.443. The summed E-state index contributed by atoms with van der Waals surface area (Å²) < 4.78 is 17.5. The van der Waals surface area contributed by atoms with E-state index in [1.54, 1.807) is 0 Å². The molecule has 0 unspecified atom stereocenters. The Balaban J connectivity index is 4.31. The van der Waals surface area contributed by atoms with Crippen molar-refractivity contribution in [1.29, 1.82) is 0 Å². The average molecular weight is 954 g/mol. The highest BCUT2D eigenvalue weighted by atomic mass is 16.6. The first-order chi connectivity index (χ1) is 33.6. The maximum absolute atomic E-state index is 12.9. The van der Waals surface area contributed by atoms with Gasteiger partial charge in [0.2, 0.25) is 0 Å². The summed E-state index contributed by atoms with van der Waals surface area (Å²) in [5, 5.41) is 0. The summed E-state index contributed by atoms with van der Waals surface area (Å²) >= 11 is 0. The topological polar surface area (TPSA) is 61.8 Å². The Kier molecular flexibility index (Phi) is 57.3. The summed E-state index contributed by atoms with van der Waals surface area (Å²) in [6.07, 6.45) is 74.3. The lowest BCUT2D eigenvalue weighted by Crippen LogP contribution is -2.30. The summed E-state index contributed by atoms with van der Waals surface area (Å²) in [6.45, 7) is 7.82. The van der Waals surface area contributed by atoms with Crippen LogP contribution in [-0.4, -0.2) is 37.9 Å². The van der Waals surface area contributed by atoms with Crippen LogP contribution in [0.2, 0.25) is 0 Å². The number of carbonyl (C=O) groups excluding carboxylic acids is 2. The van der Waals surface area contributed by atoms with Gasteiger partial charge in [-0.2, -0.15) is 0 Å². The van der Waals surface area contributed by atoms with Gasteiger partial charge < -0.3 is 14.2 Å². The zero-order valence-corrected chi connectivity index (χ0v) is 45.9. The summed E-state index contributed by atoms with van der Waals surface area (Å²) in [5.41, 5.74) is 0. The first-order valence-corrected chi connectivity index (χ1v) is 30.2. The molecule has 1 atom stereocenters. The molecule has 0 spiro atoms. The van der Waals surface area contributed by atoms with Crippen LogP contribution in [0.25, 0.3) is 0 Å². The fourth-order valence-corrected chi connectivity index (χ4v) is 8.82. The molecule has 5 nitrogen and oxygen atoms in total. The van der Waals surface area contributed by atoms with Gasteiger partial charge in [0.15, 0.2) is 6.10 Å². The summed E-state index contributed by atoms with van der Waals surface area (Å²) in [7, 11) is 0. The third-order valence-electron chi connectivity index (χ3n) is 13.3. The van der Waals surface area contributed by atoms with Crippen molar-refractivity contribution < 1.29 is 23.8 Å². The van der Waals surface area contributed by atoms with Gasteiger partial charge in [-0.3, -0.25) is 9.59 Å². The lowest BCUT2D eigenvalue weighted by atomic mass is 10.0. The van der Waals surface area contributed by atoms with Crippen LogP contribution in [-0.2, 0) is 23.8 Å². The molecule has 0 bridgehead atoms. The Morgan fingerprint density at radius 2 is 0.632 bits per heavy atom. The highest BCUT2D eigenvalue weighted by molar-refractivity contribution is 5.70. The maximum atomic E-state index is 12.9. The average Bonchev–Trinajstić information content (AvgIpc) is 3.34. The maximum Gasteiger partial charge on any atom is 0.306 e. The normalized spacial score (nSPS) is 12.5. The molecule has 0 heterocycles. The Morgan fingerprint density at radius 3 is 1.04 bits per heavy atom. The Bertz CT molecular complexity index is 1120. The van der Waals surface area contributed by atoms with Gasteiger partial charge >= 0.3 is 11.9 Å². The minimum atomic E-state index is -0.555. The van der Waals surface area contributed by atoms with Gasteiger partial charge in [-0.25, -0.2) is 0 Å². The van der Waals surface area contributed by atoms with E-state index in [1.807, 2.05) is 0 Å². The van der Waals surface area contributed by atoms with Crippen molar-refractivity contribution >= 4 is 11.9 Å². The van der Waals surface area contributed by atoms with Crippen LogP contribution in [0.1, 0.15) is 316 Å². The Labute approximate surface area is 424 Å². The minimum Gasteiger partial charge on any atom is -0.462 e. The smallest absolute Gasteiger partial charge is 0.306 e. The molecular weight excluding hydrogens is 837 g/mol. The molecule has 398 valence electrons. The second kappa shape index (κ2) is 59.2. The van der Waals surface area contributed by atoms with E-state index in [2.05, 4.69) is 69.4 Å². The number of unbranched alkanes of at least 4 members (excludes halogenated alkanes) is 37. The van der Waals surface area contributed by atoms with Crippen LogP contribution < -0.4 is 0 Å².